The Kier molecular flexibility index (Phi) is 5.85. The molecule has 3 aromatic carbocycles. The summed E-state index contributed by atoms with van der Waals surface area (Å²) >= 11 is 0. The highest BCUT2D eigenvalue weighted by atomic mass is 19.1. The van der Waals surface area contributed by atoms with Gasteiger partial charge in [-0.3, -0.25) is 14.9 Å². The minimum absolute atomic E-state index is 0.0228. The average Bonchev–Trinajstić information content (AvgIpc) is 3.16. The average molecular weight is 433 g/mol. The first-order valence-corrected chi connectivity index (χ1v) is 10.0. The van der Waals surface area contributed by atoms with Crippen LogP contribution in [-0.4, -0.2) is 20.9 Å². The molecule has 1 amide bonds. The third kappa shape index (κ3) is 4.44. The third-order valence-electron chi connectivity index (χ3n) is 5.30. The van der Waals surface area contributed by atoms with Gasteiger partial charge in [-0.2, -0.15) is 0 Å². The van der Waals surface area contributed by atoms with Crippen LogP contribution in [0.3, 0.4) is 0 Å². The van der Waals surface area contributed by atoms with Gasteiger partial charge >= 0.3 is 0 Å². The van der Waals surface area contributed by atoms with Gasteiger partial charge in [0.15, 0.2) is 0 Å². The number of hydrogen-bond donors (Lipinski definition) is 3. The number of nitrogens with zero attached hydrogens (tertiary/aromatic N) is 1. The molecule has 0 aliphatic rings. The van der Waals surface area contributed by atoms with Gasteiger partial charge in [0, 0.05) is 47.3 Å². The maximum atomic E-state index is 13.4. The van der Waals surface area contributed by atoms with Gasteiger partial charge < -0.3 is 15.4 Å². The number of phenols is 1. The number of benzene rings is 3. The molecule has 7 nitrogen and oxygen atoms in total. The van der Waals surface area contributed by atoms with Gasteiger partial charge in [0.05, 0.1) is 4.92 Å². The van der Waals surface area contributed by atoms with E-state index in [0.29, 0.717) is 6.42 Å². The van der Waals surface area contributed by atoms with E-state index >= 15 is 0 Å². The number of carbonyl (C=O) groups is 1. The molecule has 0 aliphatic carbocycles. The van der Waals surface area contributed by atoms with E-state index in [-0.39, 0.29) is 41.7 Å². The number of halogens is 1. The predicted octanol–water partition coefficient (Wildman–Crippen LogP) is 4.84. The van der Waals surface area contributed by atoms with Gasteiger partial charge in [-0.05, 0) is 53.9 Å². The molecule has 0 aliphatic heterocycles. The number of amides is 1. The van der Waals surface area contributed by atoms with Crippen LogP contribution in [0.15, 0.2) is 66.7 Å². The molecule has 1 aromatic heterocycles. The fourth-order valence-corrected chi connectivity index (χ4v) is 3.67. The second kappa shape index (κ2) is 8.89. The molecule has 0 fully saturated rings. The van der Waals surface area contributed by atoms with Crippen LogP contribution in [0.1, 0.15) is 17.5 Å². The smallest absolute Gasteiger partial charge is 0.270 e. The summed E-state index contributed by atoms with van der Waals surface area (Å²) in [5.41, 5.74) is 3.63. The molecule has 0 saturated carbocycles. The molecule has 0 saturated heterocycles. The van der Waals surface area contributed by atoms with Crippen LogP contribution < -0.4 is 5.32 Å². The summed E-state index contributed by atoms with van der Waals surface area (Å²) in [5.74, 6) is -0.701. The van der Waals surface area contributed by atoms with Crippen LogP contribution in [0.25, 0.3) is 22.2 Å². The van der Waals surface area contributed by atoms with E-state index in [1.165, 1.54) is 30.3 Å². The Balaban J connectivity index is 1.50. The monoisotopic (exact) mass is 433 g/mol. The lowest BCUT2D eigenvalue weighted by molar-refractivity contribution is -0.384. The molecule has 1 heterocycles. The number of nitrogens with one attached hydrogen (secondary N) is 2. The number of aromatic nitrogens is 1. The lowest BCUT2D eigenvalue weighted by Crippen LogP contribution is -2.23. The Morgan fingerprint density at radius 1 is 1.09 bits per heavy atom. The van der Waals surface area contributed by atoms with Gasteiger partial charge in [-0.1, -0.05) is 18.2 Å². The fraction of sp³-hybridized carbons (Fsp3) is 0.125. The Labute approximate surface area is 182 Å². The first kappa shape index (κ1) is 21.0. The van der Waals surface area contributed by atoms with Crippen molar-refractivity contribution in [2.45, 2.75) is 19.4 Å². The quantitative estimate of drug-likeness (QED) is 0.286. The fourth-order valence-electron chi connectivity index (χ4n) is 3.67. The number of aromatic amines is 1. The van der Waals surface area contributed by atoms with Gasteiger partial charge in [0.2, 0.25) is 5.91 Å². The number of rotatable bonds is 7. The van der Waals surface area contributed by atoms with E-state index in [1.807, 2.05) is 24.3 Å². The van der Waals surface area contributed by atoms with Crippen LogP contribution in [0.2, 0.25) is 0 Å². The number of H-pyrrole nitrogens is 1. The topological polar surface area (TPSA) is 108 Å². The number of nitro groups is 1. The number of carbonyl (C=O) groups excluding carboxylic acids is 1. The Morgan fingerprint density at radius 3 is 2.59 bits per heavy atom. The Hall–Kier alpha value is -4.20. The van der Waals surface area contributed by atoms with Crippen LogP contribution >= 0.6 is 0 Å². The van der Waals surface area contributed by atoms with E-state index in [0.717, 1.165) is 27.7 Å². The summed E-state index contributed by atoms with van der Waals surface area (Å²) in [6, 6.07) is 17.6. The molecule has 3 N–H and O–H groups in total. The molecule has 8 heteroatoms. The Bertz CT molecular complexity index is 1300. The van der Waals surface area contributed by atoms with E-state index in [1.54, 1.807) is 12.1 Å². The number of phenolic OH excluding ortho intramolecular Hbond substituents is 1. The zero-order valence-electron chi connectivity index (χ0n) is 17.0. The molecule has 0 bridgehead atoms. The van der Waals surface area contributed by atoms with Crippen molar-refractivity contribution >= 4 is 22.5 Å². The maximum Gasteiger partial charge on any atom is 0.270 e. The van der Waals surface area contributed by atoms with Crippen molar-refractivity contribution in [1.29, 1.82) is 0 Å². The van der Waals surface area contributed by atoms with Crippen LogP contribution in [0.5, 0.6) is 5.75 Å². The highest BCUT2D eigenvalue weighted by molar-refractivity contribution is 5.91. The van der Waals surface area contributed by atoms with Gasteiger partial charge in [0.1, 0.15) is 11.6 Å². The van der Waals surface area contributed by atoms with Gasteiger partial charge in [-0.25, -0.2) is 4.39 Å². The van der Waals surface area contributed by atoms with E-state index < -0.39 is 4.92 Å². The van der Waals surface area contributed by atoms with E-state index in [2.05, 4.69) is 10.3 Å². The lowest BCUT2D eigenvalue weighted by atomic mass is 10.0. The second-order valence-corrected chi connectivity index (χ2v) is 7.38. The van der Waals surface area contributed by atoms with Crippen molar-refractivity contribution in [3.05, 3.63) is 93.8 Å². The molecule has 4 aromatic rings. The molecule has 32 heavy (non-hydrogen) atoms. The van der Waals surface area contributed by atoms with Crippen molar-refractivity contribution < 1.29 is 19.2 Å². The number of para-hydroxylation sites is 1. The first-order chi connectivity index (χ1) is 15.4. The highest BCUT2D eigenvalue weighted by Gasteiger charge is 2.15. The molecular weight excluding hydrogens is 413 g/mol. The first-order valence-electron chi connectivity index (χ1n) is 10.0. The normalized spacial score (nSPS) is 10.9. The molecule has 0 radical (unpaired) electrons. The number of fused-ring (bicyclic) bond motifs is 1. The van der Waals surface area contributed by atoms with Crippen LogP contribution in [-0.2, 0) is 17.8 Å². The largest absolute Gasteiger partial charge is 0.508 e. The summed E-state index contributed by atoms with van der Waals surface area (Å²) in [6.07, 6.45) is 0.606. The maximum absolute atomic E-state index is 13.4. The molecular formula is C24H20FN3O4. The standard InChI is InChI=1S/C24H20FN3O4/c25-17-7-5-15(6-8-17)24-20(19-3-1-2-4-21(19)27-24)10-12-23(30)26-14-16-13-18(28(31)32)9-11-22(16)29/h1-9,11,13,27,29H,10,12,14H2,(H,26,30). The number of non-ortho nitro benzene ring substituents is 1. The van der Waals surface area contributed by atoms with Gasteiger partial charge in [0.25, 0.3) is 5.69 Å². The van der Waals surface area contributed by atoms with Crippen molar-refractivity contribution in [2.24, 2.45) is 0 Å². The summed E-state index contributed by atoms with van der Waals surface area (Å²) in [7, 11) is 0. The van der Waals surface area contributed by atoms with Crippen molar-refractivity contribution in [1.82, 2.24) is 10.3 Å². The number of nitro benzene ring substituents is 1. The minimum Gasteiger partial charge on any atom is -0.508 e. The van der Waals surface area contributed by atoms with Crippen molar-refractivity contribution in [2.75, 3.05) is 0 Å². The number of hydrogen-bond acceptors (Lipinski definition) is 4. The molecule has 4 rings (SSSR count). The zero-order valence-corrected chi connectivity index (χ0v) is 17.0. The number of aryl methyl sites for hydroxylation is 1. The zero-order chi connectivity index (χ0) is 22.7. The molecule has 0 unspecified atom stereocenters. The summed E-state index contributed by atoms with van der Waals surface area (Å²) in [5, 5.41) is 24.5. The predicted molar refractivity (Wildman–Crippen MR) is 119 cm³/mol. The number of aromatic hydroxyl groups is 1. The molecule has 0 atom stereocenters. The SMILES string of the molecule is O=C(CCc1c(-c2ccc(F)cc2)[nH]c2ccccc12)NCc1cc([N+](=O)[O-])ccc1O. The van der Waals surface area contributed by atoms with Crippen molar-refractivity contribution in [3.63, 3.8) is 0 Å². The summed E-state index contributed by atoms with van der Waals surface area (Å²) < 4.78 is 13.4. The summed E-state index contributed by atoms with van der Waals surface area (Å²) in [6.45, 7) is -0.0228. The third-order valence-corrected chi connectivity index (χ3v) is 5.30. The minimum atomic E-state index is -0.557. The van der Waals surface area contributed by atoms with E-state index in [9.17, 15) is 24.4 Å². The lowest BCUT2D eigenvalue weighted by Gasteiger charge is -2.08. The van der Waals surface area contributed by atoms with Crippen LogP contribution in [0, 0.1) is 15.9 Å². The molecule has 0 spiro atoms. The van der Waals surface area contributed by atoms with Gasteiger partial charge in [-0.15, -0.1) is 0 Å². The molecule has 162 valence electrons. The second-order valence-electron chi connectivity index (χ2n) is 7.38. The van der Waals surface area contributed by atoms with E-state index in [4.69, 9.17) is 0 Å². The highest BCUT2D eigenvalue weighted by Crippen LogP contribution is 2.31. The summed E-state index contributed by atoms with van der Waals surface area (Å²) in [4.78, 5) is 26.2. The van der Waals surface area contributed by atoms with Crippen LogP contribution in [0.4, 0.5) is 10.1 Å². The van der Waals surface area contributed by atoms with Crippen molar-refractivity contribution in [3.8, 4) is 17.0 Å². The Morgan fingerprint density at radius 2 is 1.84 bits per heavy atom.